The molecule has 0 aromatic heterocycles. The van der Waals surface area contributed by atoms with E-state index in [-0.39, 0.29) is 5.91 Å². The normalized spacial score (nSPS) is 11.7. The smallest absolute Gasteiger partial charge is 0.328 e. The molecule has 0 radical (unpaired) electrons. The highest BCUT2D eigenvalue weighted by molar-refractivity contribution is 9.10. The Hall–Kier alpha value is -1.36. The maximum absolute atomic E-state index is 12.0. The van der Waals surface area contributed by atoms with E-state index in [9.17, 15) is 9.59 Å². The summed E-state index contributed by atoms with van der Waals surface area (Å²) in [4.78, 5) is 23.6. The molecule has 5 heteroatoms. The van der Waals surface area contributed by atoms with Gasteiger partial charge in [-0.1, -0.05) is 35.7 Å². The van der Waals surface area contributed by atoms with Crippen molar-refractivity contribution in [2.45, 2.75) is 32.2 Å². The van der Waals surface area contributed by atoms with Crippen LogP contribution in [0.15, 0.2) is 28.7 Å². The van der Waals surface area contributed by atoms with Gasteiger partial charge in [0.15, 0.2) is 0 Å². The number of hydrogen-bond acceptors (Lipinski definition) is 3. The van der Waals surface area contributed by atoms with E-state index in [4.69, 9.17) is 4.74 Å². The summed E-state index contributed by atoms with van der Waals surface area (Å²) < 4.78 is 5.61. The van der Waals surface area contributed by atoms with Gasteiger partial charge in [0.25, 0.3) is 5.91 Å². The van der Waals surface area contributed by atoms with Crippen molar-refractivity contribution < 1.29 is 14.3 Å². The third-order valence-electron chi connectivity index (χ3n) is 2.74. The minimum atomic E-state index is -0.582. The SMILES string of the molecule is CCCCC(NC(=O)c1ccc(Br)cc1)C(=O)OC. The first-order valence-corrected chi connectivity index (χ1v) is 7.02. The molecule has 4 nitrogen and oxygen atoms in total. The Morgan fingerprint density at radius 3 is 2.47 bits per heavy atom. The lowest BCUT2D eigenvalue weighted by Gasteiger charge is -2.16. The zero-order valence-electron chi connectivity index (χ0n) is 11.1. The van der Waals surface area contributed by atoms with Crippen LogP contribution in [0, 0.1) is 0 Å². The second kappa shape index (κ2) is 7.94. The lowest BCUT2D eigenvalue weighted by atomic mass is 10.1. The van der Waals surface area contributed by atoms with Crippen LogP contribution < -0.4 is 5.32 Å². The van der Waals surface area contributed by atoms with E-state index in [0.29, 0.717) is 12.0 Å². The first kappa shape index (κ1) is 15.7. The van der Waals surface area contributed by atoms with Gasteiger partial charge in [-0.15, -0.1) is 0 Å². The number of unbranched alkanes of at least 4 members (excludes halogenated alkanes) is 1. The number of nitrogens with one attached hydrogen (secondary N) is 1. The molecule has 0 aliphatic rings. The number of ether oxygens (including phenoxy) is 1. The first-order chi connectivity index (χ1) is 9.08. The number of amides is 1. The number of halogens is 1. The maximum Gasteiger partial charge on any atom is 0.328 e. The van der Waals surface area contributed by atoms with Crippen molar-refractivity contribution in [3.8, 4) is 0 Å². The number of esters is 1. The fourth-order valence-corrected chi connectivity index (χ4v) is 1.91. The second-order valence-electron chi connectivity index (χ2n) is 4.20. The van der Waals surface area contributed by atoms with E-state index in [0.717, 1.165) is 17.3 Å². The van der Waals surface area contributed by atoms with Gasteiger partial charge in [-0.3, -0.25) is 4.79 Å². The highest BCUT2D eigenvalue weighted by atomic mass is 79.9. The molecular formula is C14H18BrNO3. The van der Waals surface area contributed by atoms with Gasteiger partial charge in [-0.2, -0.15) is 0 Å². The van der Waals surface area contributed by atoms with Crippen molar-refractivity contribution in [1.29, 1.82) is 0 Å². The molecule has 1 N–H and O–H groups in total. The average Bonchev–Trinajstić information content (AvgIpc) is 2.43. The van der Waals surface area contributed by atoms with Crippen LogP contribution >= 0.6 is 15.9 Å². The molecular weight excluding hydrogens is 310 g/mol. The van der Waals surface area contributed by atoms with Gasteiger partial charge in [0.1, 0.15) is 6.04 Å². The predicted molar refractivity (Wildman–Crippen MR) is 76.9 cm³/mol. The number of benzene rings is 1. The van der Waals surface area contributed by atoms with Crippen LogP contribution in [0.2, 0.25) is 0 Å². The van der Waals surface area contributed by atoms with Crippen LogP contribution in [-0.2, 0) is 9.53 Å². The van der Waals surface area contributed by atoms with E-state index in [1.54, 1.807) is 24.3 Å². The Labute approximate surface area is 121 Å². The lowest BCUT2D eigenvalue weighted by Crippen LogP contribution is -2.41. The Kier molecular flexibility index (Phi) is 6.56. The molecule has 1 rings (SSSR count). The molecule has 1 amide bonds. The van der Waals surface area contributed by atoms with E-state index < -0.39 is 12.0 Å². The number of rotatable bonds is 6. The number of carbonyl (C=O) groups excluding carboxylic acids is 2. The monoisotopic (exact) mass is 327 g/mol. The van der Waals surface area contributed by atoms with Crippen LogP contribution in [-0.4, -0.2) is 25.0 Å². The molecule has 1 atom stereocenters. The lowest BCUT2D eigenvalue weighted by molar-refractivity contribution is -0.143. The van der Waals surface area contributed by atoms with E-state index in [2.05, 4.69) is 21.2 Å². The summed E-state index contributed by atoms with van der Waals surface area (Å²) in [5.41, 5.74) is 0.522. The minimum absolute atomic E-state index is 0.265. The summed E-state index contributed by atoms with van der Waals surface area (Å²) in [5, 5.41) is 2.71. The summed E-state index contributed by atoms with van der Waals surface area (Å²) in [5.74, 6) is -0.669. The minimum Gasteiger partial charge on any atom is -0.467 e. The van der Waals surface area contributed by atoms with Gasteiger partial charge in [0, 0.05) is 10.0 Å². The number of hydrogen-bond donors (Lipinski definition) is 1. The predicted octanol–water partition coefficient (Wildman–Crippen LogP) is 2.91. The van der Waals surface area contributed by atoms with Crippen LogP contribution in [0.5, 0.6) is 0 Å². The Morgan fingerprint density at radius 2 is 1.95 bits per heavy atom. The molecule has 0 bridgehead atoms. The Morgan fingerprint density at radius 1 is 1.32 bits per heavy atom. The van der Waals surface area contributed by atoms with Crippen molar-refractivity contribution in [3.05, 3.63) is 34.3 Å². The van der Waals surface area contributed by atoms with E-state index in [1.165, 1.54) is 7.11 Å². The molecule has 0 heterocycles. The molecule has 0 fully saturated rings. The molecule has 0 spiro atoms. The summed E-state index contributed by atoms with van der Waals surface area (Å²) in [6, 6.07) is 6.39. The van der Waals surface area contributed by atoms with Gasteiger partial charge in [-0.25, -0.2) is 4.79 Å². The van der Waals surface area contributed by atoms with Gasteiger partial charge in [0.2, 0.25) is 0 Å². The van der Waals surface area contributed by atoms with Gasteiger partial charge in [0.05, 0.1) is 7.11 Å². The highest BCUT2D eigenvalue weighted by Gasteiger charge is 2.21. The van der Waals surface area contributed by atoms with Gasteiger partial charge < -0.3 is 10.1 Å². The zero-order valence-corrected chi connectivity index (χ0v) is 12.7. The highest BCUT2D eigenvalue weighted by Crippen LogP contribution is 2.11. The van der Waals surface area contributed by atoms with Crippen molar-refractivity contribution >= 4 is 27.8 Å². The van der Waals surface area contributed by atoms with Crippen molar-refractivity contribution in [1.82, 2.24) is 5.32 Å². The summed E-state index contributed by atoms with van der Waals surface area (Å²) in [6.07, 6.45) is 2.41. The summed E-state index contributed by atoms with van der Waals surface area (Å²) >= 11 is 3.31. The molecule has 0 saturated heterocycles. The largest absolute Gasteiger partial charge is 0.467 e. The van der Waals surface area contributed by atoms with Crippen molar-refractivity contribution in [2.75, 3.05) is 7.11 Å². The van der Waals surface area contributed by atoms with Crippen LogP contribution in [0.4, 0.5) is 0 Å². The van der Waals surface area contributed by atoms with E-state index >= 15 is 0 Å². The zero-order chi connectivity index (χ0) is 14.3. The van der Waals surface area contributed by atoms with Crippen LogP contribution in [0.1, 0.15) is 36.5 Å². The van der Waals surface area contributed by atoms with Crippen molar-refractivity contribution in [2.24, 2.45) is 0 Å². The Bertz CT molecular complexity index is 431. The Balaban J connectivity index is 2.69. The van der Waals surface area contributed by atoms with Gasteiger partial charge in [-0.05, 0) is 30.7 Å². The summed E-state index contributed by atoms with van der Waals surface area (Å²) in [7, 11) is 1.33. The molecule has 0 aliphatic heterocycles. The fraction of sp³-hybridized carbons (Fsp3) is 0.429. The van der Waals surface area contributed by atoms with Crippen molar-refractivity contribution in [3.63, 3.8) is 0 Å². The van der Waals surface area contributed by atoms with Gasteiger partial charge >= 0.3 is 5.97 Å². The molecule has 104 valence electrons. The third-order valence-corrected chi connectivity index (χ3v) is 3.27. The molecule has 0 saturated carbocycles. The second-order valence-corrected chi connectivity index (χ2v) is 5.11. The molecule has 19 heavy (non-hydrogen) atoms. The average molecular weight is 328 g/mol. The maximum atomic E-state index is 12.0. The molecule has 1 aromatic carbocycles. The fourth-order valence-electron chi connectivity index (χ4n) is 1.64. The molecule has 0 aliphatic carbocycles. The quantitative estimate of drug-likeness (QED) is 0.817. The van der Waals surface area contributed by atoms with E-state index in [1.807, 2.05) is 6.92 Å². The third kappa shape index (κ3) is 5.03. The first-order valence-electron chi connectivity index (χ1n) is 6.22. The molecule has 1 unspecified atom stereocenters. The summed E-state index contributed by atoms with van der Waals surface area (Å²) in [6.45, 7) is 2.03. The molecule has 1 aromatic rings. The topological polar surface area (TPSA) is 55.4 Å². The van der Waals surface area contributed by atoms with Crippen LogP contribution in [0.25, 0.3) is 0 Å². The standard InChI is InChI=1S/C14H18BrNO3/c1-3-4-5-12(14(18)19-2)16-13(17)10-6-8-11(15)9-7-10/h6-9,12H,3-5H2,1-2H3,(H,16,17). The number of methoxy groups -OCH3 is 1. The number of carbonyl (C=O) groups is 2. The van der Waals surface area contributed by atoms with Crippen LogP contribution in [0.3, 0.4) is 0 Å².